The van der Waals surface area contributed by atoms with E-state index in [1.54, 1.807) is 0 Å². The van der Waals surface area contributed by atoms with Crippen LogP contribution in [0.3, 0.4) is 0 Å². The molecule has 0 radical (unpaired) electrons. The second kappa shape index (κ2) is 5.27. The zero-order valence-corrected chi connectivity index (χ0v) is 9.89. The molecular weight excluding hydrogens is 200 g/mol. The molecule has 16 heavy (non-hydrogen) atoms. The summed E-state index contributed by atoms with van der Waals surface area (Å²) >= 11 is 0. The van der Waals surface area contributed by atoms with Crippen LogP contribution in [0.25, 0.3) is 0 Å². The second-order valence-electron chi connectivity index (χ2n) is 4.31. The number of hydrogen-bond donors (Lipinski definition) is 1. The van der Waals surface area contributed by atoms with Crippen LogP contribution in [-0.2, 0) is 0 Å². The number of nitrogens with two attached hydrogens (primary N) is 1. The van der Waals surface area contributed by atoms with E-state index in [1.165, 1.54) is 5.56 Å². The number of rotatable bonds is 3. The first-order chi connectivity index (χ1) is 7.79. The lowest BCUT2D eigenvalue weighted by molar-refractivity contribution is 0.264. The van der Waals surface area contributed by atoms with Gasteiger partial charge in [0.25, 0.3) is 0 Å². The van der Waals surface area contributed by atoms with Gasteiger partial charge in [-0.2, -0.15) is 0 Å². The lowest BCUT2D eigenvalue weighted by Gasteiger charge is -2.35. The molecule has 88 valence electrons. The van der Waals surface area contributed by atoms with E-state index in [-0.39, 0.29) is 0 Å². The Bertz CT molecular complexity index is 332. The smallest absolute Gasteiger partial charge is 0.128 e. The molecule has 0 spiro atoms. The van der Waals surface area contributed by atoms with Gasteiger partial charge in [-0.3, -0.25) is 4.90 Å². The van der Waals surface area contributed by atoms with Gasteiger partial charge in [0, 0.05) is 45.5 Å². The molecule has 1 fully saturated rings. The quantitative estimate of drug-likeness (QED) is 0.804. The van der Waals surface area contributed by atoms with Crippen molar-refractivity contribution in [2.75, 3.05) is 44.2 Å². The van der Waals surface area contributed by atoms with Crippen LogP contribution in [0.1, 0.15) is 5.56 Å². The van der Waals surface area contributed by atoms with Crippen LogP contribution in [-0.4, -0.2) is 49.2 Å². The van der Waals surface area contributed by atoms with E-state index < -0.39 is 0 Å². The highest BCUT2D eigenvalue weighted by atomic mass is 15.3. The molecule has 0 aliphatic carbocycles. The summed E-state index contributed by atoms with van der Waals surface area (Å²) < 4.78 is 0. The van der Waals surface area contributed by atoms with Crippen molar-refractivity contribution in [3.05, 3.63) is 23.9 Å². The first-order valence-corrected chi connectivity index (χ1v) is 5.89. The lowest BCUT2D eigenvalue weighted by Crippen LogP contribution is -2.48. The van der Waals surface area contributed by atoms with Crippen LogP contribution in [0.15, 0.2) is 18.3 Å². The highest BCUT2D eigenvalue weighted by molar-refractivity contribution is 5.41. The molecule has 4 nitrogen and oxygen atoms in total. The molecule has 0 unspecified atom stereocenters. The monoisotopic (exact) mass is 220 g/mol. The number of pyridine rings is 1. The van der Waals surface area contributed by atoms with Crippen LogP contribution < -0.4 is 10.6 Å². The van der Waals surface area contributed by atoms with E-state index in [2.05, 4.69) is 27.8 Å². The molecule has 0 bridgehead atoms. The zero-order valence-electron chi connectivity index (χ0n) is 9.89. The second-order valence-corrected chi connectivity index (χ2v) is 4.31. The first-order valence-electron chi connectivity index (χ1n) is 5.89. The molecule has 1 aromatic heterocycles. The Morgan fingerprint density at radius 2 is 2.06 bits per heavy atom. The summed E-state index contributed by atoms with van der Waals surface area (Å²) in [6.07, 6.45) is 1.89. The average Bonchev–Trinajstić information content (AvgIpc) is 2.30. The minimum absolute atomic E-state index is 0.753. The van der Waals surface area contributed by atoms with Crippen LogP contribution in [0, 0.1) is 6.92 Å². The minimum atomic E-state index is 0.753. The topological polar surface area (TPSA) is 45.4 Å². The highest BCUT2D eigenvalue weighted by Crippen LogP contribution is 2.14. The Morgan fingerprint density at radius 1 is 1.31 bits per heavy atom. The minimum Gasteiger partial charge on any atom is -0.354 e. The largest absolute Gasteiger partial charge is 0.354 e. The fourth-order valence-corrected chi connectivity index (χ4v) is 2.08. The van der Waals surface area contributed by atoms with Gasteiger partial charge >= 0.3 is 0 Å². The molecule has 1 aliphatic rings. The molecule has 2 heterocycles. The van der Waals surface area contributed by atoms with E-state index in [0.717, 1.165) is 45.1 Å². The van der Waals surface area contributed by atoms with Crippen molar-refractivity contribution >= 4 is 5.82 Å². The molecule has 4 heteroatoms. The summed E-state index contributed by atoms with van der Waals surface area (Å²) in [6, 6.07) is 4.19. The summed E-state index contributed by atoms with van der Waals surface area (Å²) in [4.78, 5) is 9.17. The maximum atomic E-state index is 5.56. The van der Waals surface area contributed by atoms with Gasteiger partial charge in [0.15, 0.2) is 0 Å². The predicted molar refractivity (Wildman–Crippen MR) is 66.7 cm³/mol. The molecule has 0 amide bonds. The molecular formula is C12H20N4. The van der Waals surface area contributed by atoms with Crippen LogP contribution in [0.4, 0.5) is 5.82 Å². The van der Waals surface area contributed by atoms with Gasteiger partial charge in [0.1, 0.15) is 5.82 Å². The van der Waals surface area contributed by atoms with Gasteiger partial charge in [-0.05, 0) is 24.6 Å². The summed E-state index contributed by atoms with van der Waals surface area (Å²) in [5.41, 5.74) is 6.83. The molecule has 0 aromatic carbocycles. The molecule has 1 saturated heterocycles. The summed E-state index contributed by atoms with van der Waals surface area (Å²) in [5.74, 6) is 1.10. The predicted octanol–water partition coefficient (Wildman–Crippen LogP) is 0.471. The van der Waals surface area contributed by atoms with Gasteiger partial charge < -0.3 is 10.6 Å². The number of aromatic nitrogens is 1. The highest BCUT2D eigenvalue weighted by Gasteiger charge is 2.16. The Kier molecular flexibility index (Phi) is 3.74. The normalized spacial score (nSPS) is 17.8. The maximum Gasteiger partial charge on any atom is 0.128 e. The summed E-state index contributed by atoms with van der Waals surface area (Å²) in [5, 5.41) is 0. The third-order valence-corrected chi connectivity index (χ3v) is 3.04. The van der Waals surface area contributed by atoms with Gasteiger partial charge in [-0.25, -0.2) is 4.98 Å². The molecule has 1 aromatic rings. The number of piperazine rings is 1. The van der Waals surface area contributed by atoms with Gasteiger partial charge in [-0.1, -0.05) is 0 Å². The molecule has 0 atom stereocenters. The van der Waals surface area contributed by atoms with Crippen LogP contribution in [0.2, 0.25) is 0 Å². The zero-order chi connectivity index (χ0) is 11.4. The van der Waals surface area contributed by atoms with Crippen molar-refractivity contribution < 1.29 is 0 Å². The Morgan fingerprint density at radius 3 is 2.69 bits per heavy atom. The molecule has 1 aliphatic heterocycles. The number of aryl methyl sites for hydroxylation is 1. The third kappa shape index (κ3) is 2.71. The standard InChI is InChI=1S/C12H20N4/c1-11-2-4-14-12(10-11)16-8-6-15(5-3-13)7-9-16/h2,4,10H,3,5-9,13H2,1H3. The molecule has 2 rings (SSSR count). The van der Waals surface area contributed by atoms with E-state index >= 15 is 0 Å². The number of anilines is 1. The van der Waals surface area contributed by atoms with E-state index in [0.29, 0.717) is 0 Å². The van der Waals surface area contributed by atoms with Gasteiger partial charge in [0.05, 0.1) is 0 Å². The van der Waals surface area contributed by atoms with Crippen molar-refractivity contribution in [2.24, 2.45) is 5.73 Å². The maximum absolute atomic E-state index is 5.56. The van der Waals surface area contributed by atoms with E-state index in [1.807, 2.05) is 12.3 Å². The van der Waals surface area contributed by atoms with Crippen LogP contribution >= 0.6 is 0 Å². The van der Waals surface area contributed by atoms with Crippen LogP contribution in [0.5, 0.6) is 0 Å². The van der Waals surface area contributed by atoms with Gasteiger partial charge in [-0.15, -0.1) is 0 Å². The Labute approximate surface area is 97.1 Å². The molecule has 2 N–H and O–H groups in total. The van der Waals surface area contributed by atoms with Crippen molar-refractivity contribution in [3.8, 4) is 0 Å². The van der Waals surface area contributed by atoms with E-state index in [4.69, 9.17) is 5.73 Å². The summed E-state index contributed by atoms with van der Waals surface area (Å²) in [7, 11) is 0. The average molecular weight is 220 g/mol. The van der Waals surface area contributed by atoms with Crippen molar-refractivity contribution in [1.82, 2.24) is 9.88 Å². The number of hydrogen-bond acceptors (Lipinski definition) is 4. The fourth-order valence-electron chi connectivity index (χ4n) is 2.08. The van der Waals surface area contributed by atoms with Gasteiger partial charge in [0.2, 0.25) is 0 Å². The van der Waals surface area contributed by atoms with Crippen molar-refractivity contribution in [2.45, 2.75) is 6.92 Å². The number of nitrogens with zero attached hydrogens (tertiary/aromatic N) is 3. The van der Waals surface area contributed by atoms with Crippen molar-refractivity contribution in [1.29, 1.82) is 0 Å². The first kappa shape index (κ1) is 11.4. The SMILES string of the molecule is Cc1ccnc(N2CCN(CCN)CC2)c1. The Balaban J connectivity index is 1.94. The van der Waals surface area contributed by atoms with Crippen molar-refractivity contribution in [3.63, 3.8) is 0 Å². The fraction of sp³-hybridized carbons (Fsp3) is 0.583. The molecule has 0 saturated carbocycles. The summed E-state index contributed by atoms with van der Waals surface area (Å²) in [6.45, 7) is 8.15. The Hall–Kier alpha value is -1.13. The van der Waals surface area contributed by atoms with E-state index in [9.17, 15) is 0 Å². The lowest BCUT2D eigenvalue weighted by atomic mass is 10.2. The third-order valence-electron chi connectivity index (χ3n) is 3.04.